The number of aromatic nitrogens is 2. The van der Waals surface area contributed by atoms with Crippen molar-refractivity contribution in [1.29, 1.82) is 5.26 Å². The number of aromatic carboxylic acids is 1. The summed E-state index contributed by atoms with van der Waals surface area (Å²) in [5.74, 6) is -1.00. The van der Waals surface area contributed by atoms with Gasteiger partial charge in [0, 0.05) is 18.3 Å². The number of benzene rings is 1. The molecule has 6 heteroatoms. The van der Waals surface area contributed by atoms with Crippen molar-refractivity contribution >= 4 is 28.6 Å². The lowest BCUT2D eigenvalue weighted by Gasteiger charge is -2.01. The first-order chi connectivity index (χ1) is 10.6. The molecular weight excluding hydrogens is 302 g/mol. The Morgan fingerprint density at radius 2 is 2.18 bits per heavy atom. The molecular formula is C16H10ClN3O2. The van der Waals surface area contributed by atoms with Crippen LogP contribution in [0, 0.1) is 11.3 Å². The van der Waals surface area contributed by atoms with Gasteiger partial charge in [0.1, 0.15) is 6.07 Å². The third-order valence-corrected chi connectivity index (χ3v) is 3.68. The molecule has 0 aliphatic heterocycles. The minimum absolute atomic E-state index is 0.185. The number of carbonyl (C=O) groups is 1. The maximum Gasteiger partial charge on any atom is 0.337 e. The summed E-state index contributed by atoms with van der Waals surface area (Å²) >= 11 is 5.91. The van der Waals surface area contributed by atoms with Gasteiger partial charge < -0.3 is 10.1 Å². The number of rotatable bonds is 3. The van der Waals surface area contributed by atoms with Crippen LogP contribution in [-0.4, -0.2) is 21.0 Å². The number of nitrogens with zero attached hydrogens (tertiary/aromatic N) is 2. The number of aromatic amines is 1. The molecule has 0 spiro atoms. The van der Waals surface area contributed by atoms with Gasteiger partial charge in [0.2, 0.25) is 0 Å². The predicted molar refractivity (Wildman–Crippen MR) is 82.0 cm³/mol. The number of fused-ring (bicyclic) bond motifs is 1. The van der Waals surface area contributed by atoms with Crippen molar-refractivity contribution in [1.82, 2.24) is 9.97 Å². The fourth-order valence-electron chi connectivity index (χ4n) is 2.34. The SMILES string of the molecule is N#Cc1cc(Cc2cc3nccc(C(=O)O)c3[nH]2)ccc1Cl. The Morgan fingerprint density at radius 3 is 2.91 bits per heavy atom. The summed E-state index contributed by atoms with van der Waals surface area (Å²) in [6.45, 7) is 0. The Balaban J connectivity index is 2.00. The van der Waals surface area contributed by atoms with E-state index in [-0.39, 0.29) is 5.56 Å². The van der Waals surface area contributed by atoms with Crippen LogP contribution in [0.25, 0.3) is 11.0 Å². The normalized spacial score (nSPS) is 10.5. The average Bonchev–Trinajstić information content (AvgIpc) is 2.91. The zero-order valence-electron chi connectivity index (χ0n) is 11.3. The molecule has 2 N–H and O–H groups in total. The summed E-state index contributed by atoms with van der Waals surface area (Å²) in [5, 5.41) is 18.6. The quantitative estimate of drug-likeness (QED) is 0.776. The largest absolute Gasteiger partial charge is 0.478 e. The minimum atomic E-state index is -1.00. The fourth-order valence-corrected chi connectivity index (χ4v) is 2.50. The van der Waals surface area contributed by atoms with Gasteiger partial charge in [-0.2, -0.15) is 5.26 Å². The fraction of sp³-hybridized carbons (Fsp3) is 0.0625. The number of nitriles is 1. The second-order valence-electron chi connectivity index (χ2n) is 4.82. The molecule has 3 aromatic rings. The van der Waals surface area contributed by atoms with E-state index in [4.69, 9.17) is 16.9 Å². The lowest BCUT2D eigenvalue weighted by molar-refractivity contribution is 0.0699. The van der Waals surface area contributed by atoms with Crippen molar-refractivity contribution < 1.29 is 9.90 Å². The van der Waals surface area contributed by atoms with Gasteiger partial charge in [0.05, 0.1) is 27.2 Å². The lowest BCUT2D eigenvalue weighted by Crippen LogP contribution is -1.98. The molecule has 22 heavy (non-hydrogen) atoms. The van der Waals surface area contributed by atoms with Gasteiger partial charge in [0.25, 0.3) is 0 Å². The summed E-state index contributed by atoms with van der Waals surface area (Å²) in [7, 11) is 0. The van der Waals surface area contributed by atoms with Crippen LogP contribution >= 0.6 is 11.6 Å². The summed E-state index contributed by atoms with van der Waals surface area (Å²) in [5.41, 5.74) is 3.43. The molecule has 5 nitrogen and oxygen atoms in total. The molecule has 0 fully saturated rings. The summed E-state index contributed by atoms with van der Waals surface area (Å²) < 4.78 is 0. The number of carboxylic acids is 1. The average molecular weight is 312 g/mol. The van der Waals surface area contributed by atoms with Gasteiger partial charge in [0.15, 0.2) is 0 Å². The highest BCUT2D eigenvalue weighted by atomic mass is 35.5. The van der Waals surface area contributed by atoms with Gasteiger partial charge >= 0.3 is 5.97 Å². The molecule has 2 aromatic heterocycles. The van der Waals surface area contributed by atoms with E-state index >= 15 is 0 Å². The van der Waals surface area contributed by atoms with Gasteiger partial charge in [-0.05, 0) is 29.8 Å². The van der Waals surface area contributed by atoms with E-state index in [9.17, 15) is 9.90 Å². The van der Waals surface area contributed by atoms with Crippen molar-refractivity contribution in [2.75, 3.05) is 0 Å². The molecule has 0 bridgehead atoms. The summed E-state index contributed by atoms with van der Waals surface area (Å²) in [6.07, 6.45) is 2.00. The molecule has 0 radical (unpaired) electrons. The first-order valence-corrected chi connectivity index (χ1v) is 6.84. The van der Waals surface area contributed by atoms with Crippen LogP contribution in [0.2, 0.25) is 5.02 Å². The zero-order chi connectivity index (χ0) is 15.7. The third kappa shape index (κ3) is 2.52. The molecule has 0 atom stereocenters. The van der Waals surface area contributed by atoms with E-state index < -0.39 is 5.97 Å². The van der Waals surface area contributed by atoms with Crippen molar-refractivity contribution in [2.24, 2.45) is 0 Å². The minimum Gasteiger partial charge on any atom is -0.478 e. The van der Waals surface area contributed by atoms with Crippen LogP contribution in [0.5, 0.6) is 0 Å². The van der Waals surface area contributed by atoms with Crippen molar-refractivity contribution in [3.05, 3.63) is 63.9 Å². The van der Waals surface area contributed by atoms with E-state index in [2.05, 4.69) is 9.97 Å². The summed E-state index contributed by atoms with van der Waals surface area (Å²) in [6, 6.07) is 10.5. The topological polar surface area (TPSA) is 89.8 Å². The highest BCUT2D eigenvalue weighted by Gasteiger charge is 2.12. The lowest BCUT2D eigenvalue weighted by atomic mass is 10.1. The second-order valence-corrected chi connectivity index (χ2v) is 5.23. The Morgan fingerprint density at radius 1 is 1.36 bits per heavy atom. The standard InChI is InChI=1S/C16H10ClN3O2/c17-13-2-1-9(5-10(13)8-18)6-11-7-14-15(20-11)12(16(21)22)3-4-19-14/h1-5,7,20H,6H2,(H,21,22). The molecule has 2 heterocycles. The molecule has 0 unspecified atom stereocenters. The van der Waals surface area contributed by atoms with Crippen LogP contribution in [0.3, 0.4) is 0 Å². The van der Waals surface area contributed by atoms with Crippen LogP contribution in [0.15, 0.2) is 36.5 Å². The molecule has 1 aromatic carbocycles. The van der Waals surface area contributed by atoms with E-state index in [0.717, 1.165) is 11.3 Å². The Bertz CT molecular complexity index is 925. The second kappa shape index (κ2) is 5.51. The van der Waals surface area contributed by atoms with Crippen molar-refractivity contribution in [3.63, 3.8) is 0 Å². The van der Waals surface area contributed by atoms with Crippen LogP contribution < -0.4 is 0 Å². The zero-order valence-corrected chi connectivity index (χ0v) is 12.1. The Hall–Kier alpha value is -2.84. The number of halogens is 1. The Labute approximate surface area is 130 Å². The van der Waals surface area contributed by atoms with E-state index in [1.807, 2.05) is 18.2 Å². The maximum atomic E-state index is 11.2. The molecule has 0 saturated carbocycles. The highest BCUT2D eigenvalue weighted by Crippen LogP contribution is 2.22. The van der Waals surface area contributed by atoms with Crippen molar-refractivity contribution in [2.45, 2.75) is 6.42 Å². The number of pyridine rings is 1. The Kier molecular flexibility index (Phi) is 3.53. The van der Waals surface area contributed by atoms with Crippen LogP contribution in [0.1, 0.15) is 27.2 Å². The molecule has 3 rings (SSSR count). The maximum absolute atomic E-state index is 11.2. The highest BCUT2D eigenvalue weighted by molar-refractivity contribution is 6.31. The van der Waals surface area contributed by atoms with Gasteiger partial charge in [-0.3, -0.25) is 4.98 Å². The number of hydrogen-bond donors (Lipinski definition) is 2. The first kappa shape index (κ1) is 14.1. The van der Waals surface area contributed by atoms with E-state index in [1.165, 1.54) is 12.3 Å². The number of H-pyrrole nitrogens is 1. The van der Waals surface area contributed by atoms with Gasteiger partial charge in [-0.1, -0.05) is 17.7 Å². The molecule has 0 aliphatic carbocycles. The summed E-state index contributed by atoms with van der Waals surface area (Å²) in [4.78, 5) is 18.5. The van der Waals surface area contributed by atoms with E-state index in [1.54, 1.807) is 12.1 Å². The van der Waals surface area contributed by atoms with Crippen LogP contribution in [-0.2, 0) is 6.42 Å². The van der Waals surface area contributed by atoms with E-state index in [0.29, 0.717) is 28.0 Å². The van der Waals surface area contributed by atoms with Crippen LogP contribution in [0.4, 0.5) is 0 Å². The smallest absolute Gasteiger partial charge is 0.337 e. The molecule has 0 saturated heterocycles. The predicted octanol–water partition coefficient (Wildman–Crippen LogP) is 3.38. The molecule has 0 amide bonds. The molecule has 0 aliphatic rings. The third-order valence-electron chi connectivity index (χ3n) is 3.35. The number of hydrogen-bond acceptors (Lipinski definition) is 3. The number of carboxylic acid groups (broad SMARTS) is 1. The monoisotopic (exact) mass is 311 g/mol. The van der Waals surface area contributed by atoms with Gasteiger partial charge in [-0.25, -0.2) is 4.79 Å². The number of nitrogens with one attached hydrogen (secondary N) is 1. The van der Waals surface area contributed by atoms with Gasteiger partial charge in [-0.15, -0.1) is 0 Å². The van der Waals surface area contributed by atoms with Crippen molar-refractivity contribution in [3.8, 4) is 6.07 Å². The first-order valence-electron chi connectivity index (χ1n) is 6.47. The molecule has 108 valence electrons.